The van der Waals surface area contributed by atoms with Crippen molar-refractivity contribution in [3.63, 3.8) is 0 Å². The first-order chi connectivity index (χ1) is 10.3. The van der Waals surface area contributed by atoms with E-state index in [1.165, 1.54) is 16.8 Å². The molecule has 0 saturated carbocycles. The molecule has 4 heteroatoms. The SMILES string of the molecule is Cc1ccc2c(c1)N(c1ccncn1)CC21CCOCC1. The van der Waals surface area contributed by atoms with Gasteiger partial charge in [0.25, 0.3) is 0 Å². The van der Waals surface area contributed by atoms with Gasteiger partial charge in [-0.2, -0.15) is 0 Å². The highest BCUT2D eigenvalue weighted by Crippen LogP contribution is 2.49. The van der Waals surface area contributed by atoms with Crippen LogP contribution in [0.5, 0.6) is 0 Å². The number of aromatic nitrogens is 2. The van der Waals surface area contributed by atoms with Crippen molar-refractivity contribution < 1.29 is 4.74 Å². The van der Waals surface area contributed by atoms with E-state index in [0.717, 1.165) is 38.4 Å². The molecule has 2 aromatic rings. The molecule has 0 bridgehead atoms. The molecule has 1 aromatic heterocycles. The van der Waals surface area contributed by atoms with Crippen LogP contribution < -0.4 is 4.90 Å². The first-order valence-electron chi connectivity index (χ1n) is 7.51. The minimum Gasteiger partial charge on any atom is -0.381 e. The summed E-state index contributed by atoms with van der Waals surface area (Å²) in [5.41, 5.74) is 4.26. The second kappa shape index (κ2) is 4.81. The van der Waals surface area contributed by atoms with Crippen LogP contribution in [0.15, 0.2) is 36.8 Å². The predicted molar refractivity (Wildman–Crippen MR) is 81.9 cm³/mol. The van der Waals surface area contributed by atoms with Crippen molar-refractivity contribution in [3.05, 3.63) is 47.9 Å². The van der Waals surface area contributed by atoms with Crippen LogP contribution >= 0.6 is 0 Å². The molecule has 1 spiro atoms. The number of rotatable bonds is 1. The van der Waals surface area contributed by atoms with Crippen LogP contribution in [0.3, 0.4) is 0 Å². The first-order valence-corrected chi connectivity index (χ1v) is 7.51. The number of benzene rings is 1. The van der Waals surface area contributed by atoms with Crippen molar-refractivity contribution in [1.29, 1.82) is 0 Å². The van der Waals surface area contributed by atoms with E-state index in [4.69, 9.17) is 4.74 Å². The fraction of sp³-hybridized carbons (Fsp3) is 0.412. The van der Waals surface area contributed by atoms with Crippen LogP contribution in [-0.2, 0) is 10.2 Å². The lowest BCUT2D eigenvalue weighted by molar-refractivity contribution is 0.0558. The normalized spacial score (nSPS) is 19.8. The molecule has 4 nitrogen and oxygen atoms in total. The van der Waals surface area contributed by atoms with E-state index < -0.39 is 0 Å². The fourth-order valence-corrected chi connectivity index (χ4v) is 3.62. The molecule has 4 rings (SSSR count). The van der Waals surface area contributed by atoms with Gasteiger partial charge in [0.2, 0.25) is 0 Å². The summed E-state index contributed by atoms with van der Waals surface area (Å²) in [5.74, 6) is 0.986. The highest BCUT2D eigenvalue weighted by Gasteiger charge is 2.44. The zero-order valence-corrected chi connectivity index (χ0v) is 12.2. The van der Waals surface area contributed by atoms with E-state index in [0.29, 0.717) is 0 Å². The van der Waals surface area contributed by atoms with Crippen LogP contribution in [-0.4, -0.2) is 29.7 Å². The molecular weight excluding hydrogens is 262 g/mol. The zero-order valence-electron chi connectivity index (χ0n) is 12.2. The molecule has 1 saturated heterocycles. The summed E-state index contributed by atoms with van der Waals surface area (Å²) in [5, 5.41) is 0. The number of fused-ring (bicyclic) bond motifs is 2. The van der Waals surface area contributed by atoms with Crippen LogP contribution in [0.2, 0.25) is 0 Å². The Balaban J connectivity index is 1.83. The minimum absolute atomic E-state index is 0.215. The zero-order chi connectivity index (χ0) is 14.3. The average Bonchev–Trinajstić information content (AvgIpc) is 2.83. The number of hydrogen-bond donors (Lipinski definition) is 0. The van der Waals surface area contributed by atoms with Gasteiger partial charge in [0.1, 0.15) is 12.1 Å². The Bertz CT molecular complexity index is 650. The third-order valence-electron chi connectivity index (χ3n) is 4.77. The molecule has 3 heterocycles. The maximum absolute atomic E-state index is 5.59. The second-order valence-corrected chi connectivity index (χ2v) is 6.07. The van der Waals surface area contributed by atoms with Gasteiger partial charge in [-0.3, -0.25) is 0 Å². The maximum atomic E-state index is 5.59. The van der Waals surface area contributed by atoms with Gasteiger partial charge in [-0.05, 0) is 43.0 Å². The van der Waals surface area contributed by atoms with E-state index in [2.05, 4.69) is 40.0 Å². The number of hydrogen-bond acceptors (Lipinski definition) is 4. The lowest BCUT2D eigenvalue weighted by Crippen LogP contribution is -2.37. The van der Waals surface area contributed by atoms with Gasteiger partial charge in [0, 0.05) is 37.1 Å². The van der Waals surface area contributed by atoms with Crippen molar-refractivity contribution in [1.82, 2.24) is 9.97 Å². The van der Waals surface area contributed by atoms with Crippen LogP contribution in [0.25, 0.3) is 0 Å². The standard InChI is InChI=1S/C17H19N3O/c1-13-2-3-14-15(10-13)20(16-4-7-18-12-19-16)11-17(14)5-8-21-9-6-17/h2-4,7,10,12H,5-6,8-9,11H2,1H3. The molecule has 0 aliphatic carbocycles. The summed E-state index contributed by atoms with van der Waals surface area (Å²) in [7, 11) is 0. The summed E-state index contributed by atoms with van der Waals surface area (Å²) in [6.07, 6.45) is 5.61. The maximum Gasteiger partial charge on any atom is 0.136 e. The van der Waals surface area contributed by atoms with Crippen molar-refractivity contribution in [3.8, 4) is 0 Å². The van der Waals surface area contributed by atoms with E-state index in [1.807, 2.05) is 12.3 Å². The van der Waals surface area contributed by atoms with Crippen molar-refractivity contribution in [2.45, 2.75) is 25.2 Å². The van der Waals surface area contributed by atoms with E-state index in [1.54, 1.807) is 6.33 Å². The largest absolute Gasteiger partial charge is 0.381 e. The highest BCUT2D eigenvalue weighted by atomic mass is 16.5. The predicted octanol–water partition coefficient (Wildman–Crippen LogP) is 2.98. The third kappa shape index (κ3) is 2.02. The Labute approximate surface area is 124 Å². The summed E-state index contributed by atoms with van der Waals surface area (Å²) in [6.45, 7) is 4.84. The highest BCUT2D eigenvalue weighted by molar-refractivity contribution is 5.71. The Morgan fingerprint density at radius 1 is 1.19 bits per heavy atom. The quantitative estimate of drug-likeness (QED) is 0.805. The summed E-state index contributed by atoms with van der Waals surface area (Å²) in [4.78, 5) is 10.8. The Kier molecular flexibility index (Phi) is 2.93. The summed E-state index contributed by atoms with van der Waals surface area (Å²) in [6, 6.07) is 8.79. The molecule has 0 unspecified atom stereocenters. The third-order valence-corrected chi connectivity index (χ3v) is 4.77. The Hall–Kier alpha value is -1.94. The average molecular weight is 281 g/mol. The van der Waals surface area contributed by atoms with Crippen molar-refractivity contribution in [2.24, 2.45) is 0 Å². The minimum atomic E-state index is 0.215. The van der Waals surface area contributed by atoms with E-state index in [-0.39, 0.29) is 5.41 Å². The molecule has 2 aliphatic rings. The lowest BCUT2D eigenvalue weighted by atomic mass is 9.76. The van der Waals surface area contributed by atoms with Crippen molar-refractivity contribution in [2.75, 3.05) is 24.7 Å². The molecule has 0 atom stereocenters. The van der Waals surface area contributed by atoms with Gasteiger partial charge in [0.05, 0.1) is 0 Å². The van der Waals surface area contributed by atoms with Gasteiger partial charge in [-0.1, -0.05) is 12.1 Å². The van der Waals surface area contributed by atoms with E-state index in [9.17, 15) is 0 Å². The van der Waals surface area contributed by atoms with Gasteiger partial charge in [-0.25, -0.2) is 9.97 Å². The Morgan fingerprint density at radius 3 is 2.81 bits per heavy atom. The molecule has 1 fully saturated rings. The molecule has 108 valence electrons. The number of anilines is 2. The summed E-state index contributed by atoms with van der Waals surface area (Å²) < 4.78 is 5.59. The first kappa shape index (κ1) is 12.8. The molecular formula is C17H19N3O. The molecule has 21 heavy (non-hydrogen) atoms. The number of nitrogens with zero attached hydrogens (tertiary/aromatic N) is 3. The second-order valence-electron chi connectivity index (χ2n) is 6.07. The lowest BCUT2D eigenvalue weighted by Gasteiger charge is -2.34. The molecule has 2 aliphatic heterocycles. The van der Waals surface area contributed by atoms with Gasteiger partial charge < -0.3 is 9.64 Å². The number of ether oxygens (including phenoxy) is 1. The molecule has 0 radical (unpaired) electrons. The van der Waals surface area contributed by atoms with Crippen molar-refractivity contribution >= 4 is 11.5 Å². The van der Waals surface area contributed by atoms with Gasteiger partial charge >= 0.3 is 0 Å². The van der Waals surface area contributed by atoms with Gasteiger partial charge in [0.15, 0.2) is 0 Å². The number of aryl methyl sites for hydroxylation is 1. The topological polar surface area (TPSA) is 38.2 Å². The van der Waals surface area contributed by atoms with Crippen LogP contribution in [0.1, 0.15) is 24.0 Å². The van der Waals surface area contributed by atoms with E-state index >= 15 is 0 Å². The van der Waals surface area contributed by atoms with Crippen LogP contribution in [0, 0.1) is 6.92 Å². The Morgan fingerprint density at radius 2 is 2.05 bits per heavy atom. The monoisotopic (exact) mass is 281 g/mol. The molecule has 1 aromatic carbocycles. The molecule has 0 N–H and O–H groups in total. The van der Waals surface area contributed by atoms with Gasteiger partial charge in [-0.15, -0.1) is 0 Å². The molecule has 0 amide bonds. The van der Waals surface area contributed by atoms with Crippen LogP contribution in [0.4, 0.5) is 11.5 Å². The smallest absolute Gasteiger partial charge is 0.136 e. The summed E-state index contributed by atoms with van der Waals surface area (Å²) >= 11 is 0. The fourth-order valence-electron chi connectivity index (χ4n) is 3.62.